The molecule has 1 aliphatic carbocycles. The van der Waals surface area contributed by atoms with Crippen LogP contribution in [0.3, 0.4) is 0 Å². The number of aliphatic hydroxyl groups is 1. The van der Waals surface area contributed by atoms with E-state index < -0.39 is 0 Å². The first-order valence-corrected chi connectivity index (χ1v) is 6.77. The van der Waals surface area contributed by atoms with Crippen molar-refractivity contribution in [3.05, 3.63) is 0 Å². The molecule has 1 saturated heterocycles. The molecule has 0 bridgehead atoms. The zero-order valence-corrected chi connectivity index (χ0v) is 10.6. The highest BCUT2D eigenvalue weighted by molar-refractivity contribution is 5.79. The van der Waals surface area contributed by atoms with Crippen molar-refractivity contribution >= 4 is 5.91 Å². The number of likely N-dealkylation sites (tertiary alicyclic amines) is 1. The highest BCUT2D eigenvalue weighted by Gasteiger charge is 2.36. The van der Waals surface area contributed by atoms with Gasteiger partial charge in [-0.15, -0.1) is 0 Å². The summed E-state index contributed by atoms with van der Waals surface area (Å²) < 4.78 is 0. The van der Waals surface area contributed by atoms with Crippen LogP contribution in [-0.2, 0) is 4.79 Å². The van der Waals surface area contributed by atoms with E-state index in [0.717, 1.165) is 38.8 Å². The molecular weight excluding hydrogens is 216 g/mol. The van der Waals surface area contributed by atoms with E-state index in [-0.39, 0.29) is 18.6 Å². The number of nitrogens with two attached hydrogens (primary N) is 1. The number of rotatable bonds is 2. The summed E-state index contributed by atoms with van der Waals surface area (Å²) in [5, 5.41) is 9.11. The van der Waals surface area contributed by atoms with Crippen molar-refractivity contribution in [1.82, 2.24) is 4.90 Å². The van der Waals surface area contributed by atoms with E-state index in [1.165, 1.54) is 0 Å². The second-order valence-corrected chi connectivity index (χ2v) is 5.78. The third kappa shape index (κ3) is 2.80. The molecule has 1 heterocycles. The topological polar surface area (TPSA) is 66.6 Å². The zero-order chi connectivity index (χ0) is 12.4. The monoisotopic (exact) mass is 240 g/mol. The average Bonchev–Trinajstić information content (AvgIpc) is 2.76. The first-order valence-electron chi connectivity index (χ1n) is 6.77. The van der Waals surface area contributed by atoms with Crippen molar-refractivity contribution in [3.8, 4) is 0 Å². The summed E-state index contributed by atoms with van der Waals surface area (Å²) in [6.07, 6.45) is 3.82. The van der Waals surface area contributed by atoms with Gasteiger partial charge in [0, 0.05) is 37.6 Å². The molecule has 1 amide bonds. The van der Waals surface area contributed by atoms with Crippen LogP contribution in [0.2, 0.25) is 0 Å². The van der Waals surface area contributed by atoms with Crippen molar-refractivity contribution in [3.63, 3.8) is 0 Å². The lowest BCUT2D eigenvalue weighted by molar-refractivity contribution is -0.137. The van der Waals surface area contributed by atoms with E-state index in [9.17, 15) is 4.79 Å². The minimum Gasteiger partial charge on any atom is -0.396 e. The van der Waals surface area contributed by atoms with E-state index in [1.807, 2.05) is 4.90 Å². The molecule has 98 valence electrons. The molecule has 2 rings (SSSR count). The van der Waals surface area contributed by atoms with Crippen LogP contribution < -0.4 is 5.73 Å². The van der Waals surface area contributed by atoms with Crippen molar-refractivity contribution in [2.75, 3.05) is 19.7 Å². The number of nitrogens with zero attached hydrogens (tertiary/aromatic N) is 1. The number of carbonyl (C=O) groups excluding carboxylic acids is 1. The lowest BCUT2D eigenvalue weighted by atomic mass is 9.77. The molecule has 4 nitrogen and oxygen atoms in total. The number of hydrogen-bond acceptors (Lipinski definition) is 3. The summed E-state index contributed by atoms with van der Waals surface area (Å²) in [6, 6.07) is 0.276. The first kappa shape index (κ1) is 12.8. The molecule has 1 saturated carbocycles. The number of aliphatic hydroxyl groups excluding tert-OH is 1. The van der Waals surface area contributed by atoms with Gasteiger partial charge in [0.1, 0.15) is 0 Å². The second kappa shape index (κ2) is 5.36. The fourth-order valence-electron chi connectivity index (χ4n) is 3.22. The van der Waals surface area contributed by atoms with Crippen LogP contribution in [0.1, 0.15) is 32.6 Å². The normalized spacial score (nSPS) is 38.4. The minimum absolute atomic E-state index is 0.159. The van der Waals surface area contributed by atoms with Gasteiger partial charge >= 0.3 is 0 Å². The smallest absolute Gasteiger partial charge is 0.225 e. The number of carbonyl (C=O) groups is 1. The van der Waals surface area contributed by atoms with Gasteiger partial charge in [-0.1, -0.05) is 6.92 Å². The summed E-state index contributed by atoms with van der Waals surface area (Å²) in [6.45, 7) is 3.90. The van der Waals surface area contributed by atoms with Gasteiger partial charge in [-0.25, -0.2) is 0 Å². The van der Waals surface area contributed by atoms with Crippen LogP contribution in [0.4, 0.5) is 0 Å². The first-order chi connectivity index (χ1) is 8.11. The zero-order valence-electron chi connectivity index (χ0n) is 10.6. The van der Waals surface area contributed by atoms with Crippen molar-refractivity contribution < 1.29 is 9.90 Å². The predicted octanol–water partition coefficient (Wildman–Crippen LogP) is 0.591. The van der Waals surface area contributed by atoms with E-state index in [0.29, 0.717) is 17.7 Å². The Balaban J connectivity index is 1.91. The van der Waals surface area contributed by atoms with Crippen LogP contribution in [0.25, 0.3) is 0 Å². The van der Waals surface area contributed by atoms with Gasteiger partial charge < -0.3 is 15.7 Å². The summed E-state index contributed by atoms with van der Waals surface area (Å²) >= 11 is 0. The Morgan fingerprint density at radius 2 is 2.18 bits per heavy atom. The van der Waals surface area contributed by atoms with Gasteiger partial charge in [0.15, 0.2) is 0 Å². The van der Waals surface area contributed by atoms with Crippen LogP contribution in [0, 0.1) is 17.8 Å². The Labute approximate surface area is 103 Å². The Morgan fingerprint density at radius 3 is 2.76 bits per heavy atom. The third-order valence-electron chi connectivity index (χ3n) is 4.38. The molecule has 4 heteroatoms. The molecule has 2 fully saturated rings. The van der Waals surface area contributed by atoms with Gasteiger partial charge in [0.25, 0.3) is 0 Å². The van der Waals surface area contributed by atoms with Crippen LogP contribution in [0.5, 0.6) is 0 Å². The Bertz CT molecular complexity index is 283. The van der Waals surface area contributed by atoms with Gasteiger partial charge in [0.05, 0.1) is 0 Å². The van der Waals surface area contributed by atoms with Crippen molar-refractivity contribution in [2.24, 2.45) is 23.5 Å². The molecule has 4 atom stereocenters. The highest BCUT2D eigenvalue weighted by atomic mass is 16.3. The Morgan fingerprint density at radius 1 is 1.41 bits per heavy atom. The summed E-state index contributed by atoms with van der Waals surface area (Å²) in [5.41, 5.74) is 5.93. The third-order valence-corrected chi connectivity index (χ3v) is 4.38. The minimum atomic E-state index is 0.159. The summed E-state index contributed by atoms with van der Waals surface area (Å²) in [5.74, 6) is 1.15. The molecular formula is C13H24N2O2. The lowest BCUT2D eigenvalue weighted by Crippen LogP contribution is -2.42. The molecule has 0 aromatic heterocycles. The van der Waals surface area contributed by atoms with E-state index in [2.05, 4.69) is 6.92 Å². The molecule has 0 aromatic rings. The maximum atomic E-state index is 12.4. The largest absolute Gasteiger partial charge is 0.396 e. The highest BCUT2D eigenvalue weighted by Crippen LogP contribution is 2.32. The van der Waals surface area contributed by atoms with Crippen LogP contribution in [-0.4, -0.2) is 41.7 Å². The fourth-order valence-corrected chi connectivity index (χ4v) is 3.22. The molecule has 2 aliphatic rings. The number of amides is 1. The van der Waals surface area contributed by atoms with E-state index in [4.69, 9.17) is 10.8 Å². The van der Waals surface area contributed by atoms with Gasteiger partial charge in [-0.05, 0) is 31.6 Å². The summed E-state index contributed by atoms with van der Waals surface area (Å²) in [7, 11) is 0. The molecule has 4 unspecified atom stereocenters. The lowest BCUT2D eigenvalue weighted by Gasteiger charge is -2.34. The van der Waals surface area contributed by atoms with Crippen molar-refractivity contribution in [2.45, 2.75) is 38.6 Å². The van der Waals surface area contributed by atoms with Crippen LogP contribution in [0.15, 0.2) is 0 Å². The maximum Gasteiger partial charge on any atom is 0.225 e. The molecule has 0 radical (unpaired) electrons. The van der Waals surface area contributed by atoms with Gasteiger partial charge in [-0.3, -0.25) is 4.79 Å². The Hall–Kier alpha value is -0.610. The SMILES string of the molecule is CC1CC(N)CCC1C(=O)N1CCC(CO)C1. The van der Waals surface area contributed by atoms with Crippen LogP contribution >= 0.6 is 0 Å². The fraction of sp³-hybridized carbons (Fsp3) is 0.923. The quantitative estimate of drug-likeness (QED) is 0.742. The second-order valence-electron chi connectivity index (χ2n) is 5.78. The average molecular weight is 240 g/mol. The number of hydrogen-bond donors (Lipinski definition) is 2. The summed E-state index contributed by atoms with van der Waals surface area (Å²) in [4.78, 5) is 14.3. The maximum absolute atomic E-state index is 12.4. The molecule has 17 heavy (non-hydrogen) atoms. The Kier molecular flexibility index (Phi) is 4.05. The predicted molar refractivity (Wildman–Crippen MR) is 66.3 cm³/mol. The molecule has 3 N–H and O–H groups in total. The van der Waals surface area contributed by atoms with Gasteiger partial charge in [-0.2, -0.15) is 0 Å². The van der Waals surface area contributed by atoms with Gasteiger partial charge in [0.2, 0.25) is 5.91 Å². The van der Waals surface area contributed by atoms with E-state index in [1.54, 1.807) is 0 Å². The van der Waals surface area contributed by atoms with Crippen molar-refractivity contribution in [1.29, 1.82) is 0 Å². The van der Waals surface area contributed by atoms with E-state index >= 15 is 0 Å². The standard InChI is InChI=1S/C13H24N2O2/c1-9-6-11(14)2-3-12(9)13(17)15-5-4-10(7-15)8-16/h9-12,16H,2-8,14H2,1H3. The molecule has 1 aliphatic heterocycles. The molecule has 0 spiro atoms. The molecule has 0 aromatic carbocycles.